The molecule has 0 aliphatic carbocycles. The fraction of sp³-hybridized carbons (Fsp3) is 0.500. The summed E-state index contributed by atoms with van der Waals surface area (Å²) in [4.78, 5) is 8.45. The first-order chi connectivity index (χ1) is 7.82. The Bertz CT molecular complexity index is 372. The molecule has 0 radical (unpaired) electrons. The summed E-state index contributed by atoms with van der Waals surface area (Å²) in [5, 5.41) is 0. The van der Waals surface area contributed by atoms with Crippen LogP contribution in [0.1, 0.15) is 17.5 Å². The maximum absolute atomic E-state index is 12.9. The van der Waals surface area contributed by atoms with E-state index in [9.17, 15) is 26.3 Å². The van der Waals surface area contributed by atoms with Crippen LogP contribution in [0.2, 0.25) is 0 Å². The molecule has 0 fully saturated rings. The van der Waals surface area contributed by atoms with Crippen molar-refractivity contribution in [1.82, 2.24) is 15.0 Å². The number of halogens is 9. The van der Waals surface area contributed by atoms with Crippen molar-refractivity contribution >= 4 is 67.8 Å². The third-order valence-corrected chi connectivity index (χ3v) is 2.84. The Morgan fingerprint density at radius 3 is 0.833 bits per heavy atom. The fourth-order valence-corrected chi connectivity index (χ4v) is 1.48. The molecule has 1 aromatic heterocycles. The lowest BCUT2D eigenvalue weighted by atomic mass is 10.5. The predicted molar refractivity (Wildman–Crippen MR) is 73.6 cm³/mol. The van der Waals surface area contributed by atoms with Crippen LogP contribution in [0.25, 0.3) is 0 Å². The number of nitrogens with zero attached hydrogens (tertiary/aromatic N) is 3. The molecular weight excluding hydrogens is 609 g/mol. The summed E-state index contributed by atoms with van der Waals surface area (Å²) in [5.74, 6) is -4.30. The van der Waals surface area contributed by atoms with E-state index in [1.807, 2.05) is 0 Å². The van der Waals surface area contributed by atoms with Crippen LogP contribution in [0.15, 0.2) is 0 Å². The van der Waals surface area contributed by atoms with E-state index in [2.05, 4.69) is 15.0 Å². The van der Waals surface area contributed by atoms with E-state index in [-0.39, 0.29) is 0 Å². The SMILES string of the molecule is FC(F)(I)c1nc(C(F)(F)I)nc(C(F)(F)I)n1. The molecule has 0 spiro atoms. The molecule has 0 unspecified atom stereocenters. The van der Waals surface area contributed by atoms with Crippen molar-refractivity contribution in [2.75, 3.05) is 0 Å². The Morgan fingerprint density at radius 2 is 0.722 bits per heavy atom. The van der Waals surface area contributed by atoms with E-state index in [0.717, 1.165) is 0 Å². The zero-order valence-electron chi connectivity index (χ0n) is 7.74. The second kappa shape index (κ2) is 5.28. The zero-order valence-corrected chi connectivity index (χ0v) is 14.2. The maximum atomic E-state index is 12.9. The lowest BCUT2D eigenvalue weighted by molar-refractivity contribution is 0.0876. The summed E-state index contributed by atoms with van der Waals surface area (Å²) in [6, 6.07) is 0. The summed E-state index contributed by atoms with van der Waals surface area (Å²) >= 11 is 1.65. The molecule has 0 N–H and O–H groups in total. The first-order valence-electron chi connectivity index (χ1n) is 3.79. The largest absolute Gasteiger partial charge is 0.354 e. The van der Waals surface area contributed by atoms with Crippen LogP contribution in [-0.2, 0) is 11.8 Å². The summed E-state index contributed by atoms with van der Waals surface area (Å²) in [5.41, 5.74) is 0. The van der Waals surface area contributed by atoms with Crippen LogP contribution < -0.4 is 0 Å². The quantitative estimate of drug-likeness (QED) is 0.292. The smallest absolute Gasteiger partial charge is 0.204 e. The van der Waals surface area contributed by atoms with E-state index in [1.54, 1.807) is 0 Å². The van der Waals surface area contributed by atoms with Gasteiger partial charge in [-0.15, -0.1) is 0 Å². The highest BCUT2D eigenvalue weighted by Crippen LogP contribution is 2.40. The molecule has 12 heteroatoms. The van der Waals surface area contributed by atoms with Crippen molar-refractivity contribution in [1.29, 1.82) is 0 Å². The van der Waals surface area contributed by atoms with Gasteiger partial charge in [0.25, 0.3) is 0 Å². The number of alkyl halides is 9. The number of hydrogen-bond donors (Lipinski definition) is 0. The van der Waals surface area contributed by atoms with Crippen molar-refractivity contribution in [3.8, 4) is 0 Å². The minimum Gasteiger partial charge on any atom is -0.204 e. The number of rotatable bonds is 3. The molecule has 102 valence electrons. The topological polar surface area (TPSA) is 38.7 Å². The molecule has 0 aromatic carbocycles. The summed E-state index contributed by atoms with van der Waals surface area (Å²) < 4.78 is 66.3. The average Bonchev–Trinajstić information content (AvgIpc) is 2.13. The molecule has 18 heavy (non-hydrogen) atoms. The van der Waals surface area contributed by atoms with Crippen LogP contribution in [0, 0.1) is 0 Å². The monoisotopic (exact) mass is 609 g/mol. The third kappa shape index (κ3) is 4.41. The first kappa shape index (κ1) is 16.8. The normalized spacial score (nSPS) is 13.8. The van der Waals surface area contributed by atoms with Crippen LogP contribution in [0.5, 0.6) is 0 Å². The second-order valence-electron chi connectivity index (χ2n) is 2.80. The van der Waals surface area contributed by atoms with Gasteiger partial charge in [-0.3, -0.25) is 0 Å². The molecule has 0 atom stereocenters. The van der Waals surface area contributed by atoms with Crippen molar-refractivity contribution in [3.63, 3.8) is 0 Å². The van der Waals surface area contributed by atoms with Gasteiger partial charge in [0, 0.05) is 67.8 Å². The van der Waals surface area contributed by atoms with Crippen LogP contribution in [0.4, 0.5) is 26.3 Å². The summed E-state index contributed by atoms with van der Waals surface area (Å²) in [7, 11) is 0. The predicted octanol–water partition coefficient (Wildman–Crippen LogP) is 4.32. The highest BCUT2D eigenvalue weighted by molar-refractivity contribution is 14.1. The van der Waals surface area contributed by atoms with Gasteiger partial charge >= 0.3 is 11.8 Å². The summed E-state index contributed by atoms with van der Waals surface area (Å²) in [6.45, 7) is 0. The first-order valence-corrected chi connectivity index (χ1v) is 7.03. The Kier molecular flexibility index (Phi) is 4.94. The molecule has 1 aromatic rings. The minimum atomic E-state index is -3.76. The lowest BCUT2D eigenvalue weighted by Gasteiger charge is -2.14. The molecule has 0 aliphatic heterocycles. The van der Waals surface area contributed by atoms with Crippen molar-refractivity contribution in [2.45, 2.75) is 11.8 Å². The van der Waals surface area contributed by atoms with Crippen molar-refractivity contribution in [3.05, 3.63) is 17.5 Å². The van der Waals surface area contributed by atoms with E-state index >= 15 is 0 Å². The minimum absolute atomic E-state index is 0.551. The molecular formula is C6F6I3N3. The Balaban J connectivity index is 3.49. The maximum Gasteiger partial charge on any atom is 0.354 e. The Hall–Kier alpha value is 0.780. The number of hydrogen-bond acceptors (Lipinski definition) is 3. The molecule has 3 nitrogen and oxygen atoms in total. The van der Waals surface area contributed by atoms with E-state index in [0.29, 0.717) is 67.8 Å². The van der Waals surface area contributed by atoms with Gasteiger partial charge in [-0.2, -0.15) is 26.3 Å². The molecule has 0 amide bonds. The second-order valence-corrected chi connectivity index (χ2v) is 6.86. The molecule has 1 rings (SSSR count). The summed E-state index contributed by atoms with van der Waals surface area (Å²) in [6.07, 6.45) is 0. The van der Waals surface area contributed by atoms with Crippen molar-refractivity contribution < 1.29 is 26.3 Å². The third-order valence-electron chi connectivity index (χ3n) is 1.40. The van der Waals surface area contributed by atoms with Gasteiger partial charge in [-0.05, 0) is 0 Å². The van der Waals surface area contributed by atoms with E-state index in [4.69, 9.17) is 0 Å². The average molecular weight is 609 g/mol. The van der Waals surface area contributed by atoms with Gasteiger partial charge in [-0.1, -0.05) is 0 Å². The van der Waals surface area contributed by atoms with E-state index < -0.39 is 29.3 Å². The van der Waals surface area contributed by atoms with Crippen LogP contribution in [0.3, 0.4) is 0 Å². The molecule has 0 saturated heterocycles. The van der Waals surface area contributed by atoms with Gasteiger partial charge in [-0.25, -0.2) is 15.0 Å². The fourth-order valence-electron chi connectivity index (χ4n) is 0.756. The van der Waals surface area contributed by atoms with Crippen LogP contribution in [-0.4, -0.2) is 15.0 Å². The molecule has 0 aliphatic rings. The van der Waals surface area contributed by atoms with Gasteiger partial charge < -0.3 is 0 Å². The molecule has 0 saturated carbocycles. The Morgan fingerprint density at radius 1 is 0.556 bits per heavy atom. The highest BCUT2D eigenvalue weighted by atomic mass is 127. The van der Waals surface area contributed by atoms with Crippen LogP contribution >= 0.6 is 67.8 Å². The van der Waals surface area contributed by atoms with Crippen molar-refractivity contribution in [2.24, 2.45) is 0 Å². The van der Waals surface area contributed by atoms with Gasteiger partial charge in [0.05, 0.1) is 0 Å². The zero-order chi connectivity index (χ0) is 14.4. The van der Waals surface area contributed by atoms with E-state index in [1.165, 1.54) is 0 Å². The molecule has 1 heterocycles. The molecule has 0 bridgehead atoms. The van der Waals surface area contributed by atoms with Gasteiger partial charge in [0.15, 0.2) is 0 Å². The van der Waals surface area contributed by atoms with Gasteiger partial charge in [0.1, 0.15) is 0 Å². The number of aromatic nitrogens is 3. The van der Waals surface area contributed by atoms with Gasteiger partial charge in [0.2, 0.25) is 17.5 Å². The highest BCUT2D eigenvalue weighted by Gasteiger charge is 2.41. The Labute approximate surface area is 137 Å². The standard InChI is InChI=1S/C6F6I3N3/c7-4(8,13)1-16-2(5(9,10)14)18-3(17-1)6(11,12)15. The lowest BCUT2D eigenvalue weighted by Crippen LogP contribution is -2.22.